The SMILES string of the molecule is O=c1nc(OC[C@@H]2COCCO2)cc2n1CCc1cc(C#CC3(O)CCCC3)ccc1-2. The molecule has 7 heteroatoms. The molecule has 162 valence electrons. The Kier molecular flexibility index (Phi) is 5.53. The summed E-state index contributed by atoms with van der Waals surface area (Å²) in [6, 6.07) is 7.81. The van der Waals surface area contributed by atoms with Crippen molar-refractivity contribution < 1.29 is 19.3 Å². The number of ether oxygens (including phenoxy) is 3. The number of aliphatic hydroxyl groups is 1. The first-order valence-corrected chi connectivity index (χ1v) is 10.9. The van der Waals surface area contributed by atoms with E-state index >= 15 is 0 Å². The zero-order valence-electron chi connectivity index (χ0n) is 17.4. The highest BCUT2D eigenvalue weighted by Gasteiger charge is 2.28. The van der Waals surface area contributed by atoms with Crippen molar-refractivity contribution in [1.29, 1.82) is 0 Å². The standard InChI is InChI=1S/C24H26N2O5/c27-23-25-22(31-16-19-15-29-11-12-30-19)14-21-20-4-3-17(13-18(20)6-10-26(21)23)5-9-24(28)7-1-2-8-24/h3-4,13-14,19,28H,1-2,6-8,10-12,15-16H2/t19-/m0/s1. The van der Waals surface area contributed by atoms with Gasteiger partial charge in [0, 0.05) is 23.7 Å². The molecule has 2 aromatic rings. The summed E-state index contributed by atoms with van der Waals surface area (Å²) in [7, 11) is 0. The van der Waals surface area contributed by atoms with Gasteiger partial charge >= 0.3 is 5.69 Å². The molecule has 0 bridgehead atoms. The number of benzene rings is 1. The second-order valence-corrected chi connectivity index (χ2v) is 8.40. The van der Waals surface area contributed by atoms with Crippen LogP contribution in [0, 0.1) is 11.8 Å². The third kappa shape index (κ3) is 4.38. The van der Waals surface area contributed by atoms with Crippen LogP contribution in [0.1, 0.15) is 36.8 Å². The highest BCUT2D eigenvalue weighted by atomic mass is 16.6. The molecule has 1 aliphatic carbocycles. The fourth-order valence-electron chi connectivity index (χ4n) is 4.44. The van der Waals surface area contributed by atoms with Gasteiger partial charge in [0.05, 0.1) is 25.5 Å². The Balaban J connectivity index is 1.39. The molecular formula is C24H26N2O5. The molecule has 1 saturated carbocycles. The van der Waals surface area contributed by atoms with Gasteiger partial charge < -0.3 is 19.3 Å². The first kappa shape index (κ1) is 20.3. The highest BCUT2D eigenvalue weighted by Crippen LogP contribution is 2.31. The van der Waals surface area contributed by atoms with Gasteiger partial charge in [0.1, 0.15) is 18.3 Å². The molecule has 0 unspecified atom stereocenters. The molecule has 2 fully saturated rings. The fourth-order valence-corrected chi connectivity index (χ4v) is 4.44. The molecule has 31 heavy (non-hydrogen) atoms. The van der Waals surface area contributed by atoms with Gasteiger partial charge in [0.2, 0.25) is 5.88 Å². The van der Waals surface area contributed by atoms with Crippen molar-refractivity contribution in [1.82, 2.24) is 9.55 Å². The lowest BCUT2D eigenvalue weighted by atomic mass is 9.95. The Hall–Kier alpha value is -2.66. The van der Waals surface area contributed by atoms with Crippen LogP contribution >= 0.6 is 0 Å². The summed E-state index contributed by atoms with van der Waals surface area (Å²) in [5, 5.41) is 10.5. The maximum absolute atomic E-state index is 12.6. The summed E-state index contributed by atoms with van der Waals surface area (Å²) < 4.78 is 18.4. The molecule has 1 aromatic carbocycles. The summed E-state index contributed by atoms with van der Waals surface area (Å²) in [6.07, 6.45) is 4.12. The largest absolute Gasteiger partial charge is 0.475 e. The van der Waals surface area contributed by atoms with Crippen LogP contribution in [-0.4, -0.2) is 52.8 Å². The van der Waals surface area contributed by atoms with Crippen molar-refractivity contribution in [3.63, 3.8) is 0 Å². The van der Waals surface area contributed by atoms with E-state index in [1.165, 1.54) is 0 Å². The lowest BCUT2D eigenvalue weighted by Crippen LogP contribution is -2.34. The quantitative estimate of drug-likeness (QED) is 0.761. The third-order valence-electron chi connectivity index (χ3n) is 6.15. The molecule has 1 saturated heterocycles. The average molecular weight is 422 g/mol. The number of aryl methyl sites for hydroxylation is 1. The maximum atomic E-state index is 12.6. The van der Waals surface area contributed by atoms with Crippen LogP contribution in [0.25, 0.3) is 11.3 Å². The normalized spacial score (nSPS) is 21.5. The van der Waals surface area contributed by atoms with Crippen molar-refractivity contribution in [2.45, 2.75) is 50.4 Å². The molecular weight excluding hydrogens is 396 g/mol. The summed E-state index contributed by atoms with van der Waals surface area (Å²) in [5.41, 5.74) is 2.64. The minimum atomic E-state index is -0.846. The van der Waals surface area contributed by atoms with Crippen LogP contribution in [0.5, 0.6) is 5.88 Å². The minimum absolute atomic E-state index is 0.155. The number of hydrogen-bond acceptors (Lipinski definition) is 6. The molecule has 2 aliphatic heterocycles. The topological polar surface area (TPSA) is 82.8 Å². The predicted molar refractivity (Wildman–Crippen MR) is 114 cm³/mol. The minimum Gasteiger partial charge on any atom is -0.475 e. The van der Waals surface area contributed by atoms with E-state index in [0.717, 1.165) is 54.5 Å². The number of fused-ring (bicyclic) bond motifs is 3. The second kappa shape index (κ2) is 8.46. The number of hydrogen-bond donors (Lipinski definition) is 1. The van der Waals surface area contributed by atoms with Gasteiger partial charge in [-0.05, 0) is 49.8 Å². The smallest absolute Gasteiger partial charge is 0.351 e. The zero-order chi connectivity index (χ0) is 21.3. The van der Waals surface area contributed by atoms with Crippen molar-refractivity contribution in [3.8, 4) is 29.0 Å². The molecule has 1 atom stereocenters. The molecule has 0 spiro atoms. The Morgan fingerprint density at radius 2 is 2.13 bits per heavy atom. The zero-order valence-corrected chi connectivity index (χ0v) is 17.4. The monoisotopic (exact) mass is 422 g/mol. The molecule has 5 rings (SSSR count). The van der Waals surface area contributed by atoms with Crippen LogP contribution in [0.15, 0.2) is 29.1 Å². The molecule has 3 aliphatic rings. The van der Waals surface area contributed by atoms with E-state index < -0.39 is 5.60 Å². The van der Waals surface area contributed by atoms with E-state index in [2.05, 4.69) is 22.9 Å². The van der Waals surface area contributed by atoms with Gasteiger partial charge in [-0.25, -0.2) is 4.79 Å². The number of aromatic nitrogens is 2. The Morgan fingerprint density at radius 1 is 1.26 bits per heavy atom. The van der Waals surface area contributed by atoms with Gasteiger partial charge in [-0.15, -0.1) is 0 Å². The highest BCUT2D eigenvalue weighted by molar-refractivity contribution is 5.68. The summed E-state index contributed by atoms with van der Waals surface area (Å²) >= 11 is 0. The third-order valence-corrected chi connectivity index (χ3v) is 6.15. The van der Waals surface area contributed by atoms with E-state index in [9.17, 15) is 9.90 Å². The van der Waals surface area contributed by atoms with E-state index in [0.29, 0.717) is 38.9 Å². The van der Waals surface area contributed by atoms with E-state index in [1.807, 2.05) is 18.2 Å². The maximum Gasteiger partial charge on any atom is 0.351 e. The van der Waals surface area contributed by atoms with Crippen LogP contribution in [0.2, 0.25) is 0 Å². The van der Waals surface area contributed by atoms with Crippen molar-refractivity contribution in [2.24, 2.45) is 0 Å². The second-order valence-electron chi connectivity index (χ2n) is 8.40. The van der Waals surface area contributed by atoms with Crippen molar-refractivity contribution in [3.05, 3.63) is 45.9 Å². The van der Waals surface area contributed by atoms with Gasteiger partial charge in [-0.1, -0.05) is 17.9 Å². The lowest BCUT2D eigenvalue weighted by Gasteiger charge is -2.24. The van der Waals surface area contributed by atoms with Gasteiger partial charge in [0.15, 0.2) is 0 Å². The summed E-state index contributed by atoms with van der Waals surface area (Å²) in [6.45, 7) is 2.47. The van der Waals surface area contributed by atoms with Gasteiger partial charge in [0.25, 0.3) is 0 Å². The van der Waals surface area contributed by atoms with Gasteiger partial charge in [-0.3, -0.25) is 4.57 Å². The molecule has 7 nitrogen and oxygen atoms in total. The first-order valence-electron chi connectivity index (χ1n) is 10.9. The van der Waals surface area contributed by atoms with Crippen molar-refractivity contribution >= 4 is 0 Å². The predicted octanol–water partition coefficient (Wildman–Crippen LogP) is 1.92. The van der Waals surface area contributed by atoms with Crippen LogP contribution < -0.4 is 10.4 Å². The van der Waals surface area contributed by atoms with E-state index in [1.54, 1.807) is 4.57 Å². The molecule has 1 N–H and O–H groups in total. The number of nitrogens with zero attached hydrogens (tertiary/aromatic N) is 2. The van der Waals surface area contributed by atoms with Crippen LogP contribution in [-0.2, 0) is 22.4 Å². The molecule has 0 amide bonds. The molecule has 3 heterocycles. The van der Waals surface area contributed by atoms with E-state index in [-0.39, 0.29) is 11.8 Å². The first-order chi connectivity index (χ1) is 15.1. The van der Waals surface area contributed by atoms with E-state index in [4.69, 9.17) is 14.2 Å². The fraction of sp³-hybridized carbons (Fsp3) is 0.500. The Bertz CT molecular complexity index is 1090. The van der Waals surface area contributed by atoms with Crippen molar-refractivity contribution in [2.75, 3.05) is 26.4 Å². The Morgan fingerprint density at radius 3 is 2.94 bits per heavy atom. The number of rotatable bonds is 3. The summed E-state index contributed by atoms with van der Waals surface area (Å²) in [4.78, 5) is 16.6. The van der Waals surface area contributed by atoms with Crippen LogP contribution in [0.4, 0.5) is 0 Å². The molecule has 0 radical (unpaired) electrons. The average Bonchev–Trinajstić information content (AvgIpc) is 3.23. The van der Waals surface area contributed by atoms with Crippen LogP contribution in [0.3, 0.4) is 0 Å². The Labute approximate surface area is 181 Å². The molecule has 1 aromatic heterocycles. The lowest BCUT2D eigenvalue weighted by molar-refractivity contribution is -0.102. The van der Waals surface area contributed by atoms with Gasteiger partial charge in [-0.2, -0.15) is 4.98 Å². The summed E-state index contributed by atoms with van der Waals surface area (Å²) in [5.74, 6) is 6.51.